The van der Waals surface area contributed by atoms with E-state index in [1.807, 2.05) is 30.3 Å². The quantitative estimate of drug-likeness (QED) is 0.779. The summed E-state index contributed by atoms with van der Waals surface area (Å²) in [6, 6.07) is 9.93. The maximum Gasteiger partial charge on any atom is 0.336 e. The molecule has 2 amide bonds. The molecule has 2 atom stereocenters. The molecule has 0 bridgehead atoms. The molecule has 5 heteroatoms. The van der Waals surface area contributed by atoms with Crippen molar-refractivity contribution < 1.29 is 19.2 Å². The molecular formula is C15H15NO4. The fourth-order valence-corrected chi connectivity index (χ4v) is 2.49. The van der Waals surface area contributed by atoms with Crippen molar-refractivity contribution in [2.45, 2.75) is 25.7 Å². The van der Waals surface area contributed by atoms with Crippen LogP contribution < -0.4 is 0 Å². The molecule has 1 aromatic carbocycles. The Morgan fingerprint density at radius 3 is 2.45 bits per heavy atom. The van der Waals surface area contributed by atoms with Gasteiger partial charge in [-0.2, -0.15) is 0 Å². The third kappa shape index (κ3) is 2.57. The third-order valence-corrected chi connectivity index (χ3v) is 3.75. The molecule has 0 radical (unpaired) electrons. The van der Waals surface area contributed by atoms with Gasteiger partial charge in [-0.25, -0.2) is 4.79 Å². The van der Waals surface area contributed by atoms with E-state index in [4.69, 9.17) is 4.84 Å². The van der Waals surface area contributed by atoms with Gasteiger partial charge in [-0.1, -0.05) is 30.3 Å². The number of rotatable bonds is 4. The highest BCUT2D eigenvalue weighted by atomic mass is 16.7. The van der Waals surface area contributed by atoms with Gasteiger partial charge in [0.1, 0.15) is 0 Å². The van der Waals surface area contributed by atoms with Gasteiger partial charge in [-0.15, -0.1) is 5.06 Å². The molecule has 5 nitrogen and oxygen atoms in total. The molecule has 1 aliphatic heterocycles. The van der Waals surface area contributed by atoms with E-state index in [-0.39, 0.29) is 24.7 Å². The molecule has 1 aromatic rings. The van der Waals surface area contributed by atoms with Crippen molar-refractivity contribution >= 4 is 17.8 Å². The Hall–Kier alpha value is -2.17. The van der Waals surface area contributed by atoms with Crippen LogP contribution >= 0.6 is 0 Å². The summed E-state index contributed by atoms with van der Waals surface area (Å²) >= 11 is 0. The van der Waals surface area contributed by atoms with Crippen molar-refractivity contribution in [2.24, 2.45) is 11.8 Å². The number of carbonyl (C=O) groups is 3. The number of carbonyl (C=O) groups excluding carboxylic acids is 3. The Balaban J connectivity index is 1.53. The van der Waals surface area contributed by atoms with E-state index in [0.717, 1.165) is 12.8 Å². The van der Waals surface area contributed by atoms with Crippen LogP contribution in [0.3, 0.4) is 0 Å². The Morgan fingerprint density at radius 1 is 1.15 bits per heavy atom. The third-order valence-electron chi connectivity index (χ3n) is 3.75. The monoisotopic (exact) mass is 273 g/mol. The van der Waals surface area contributed by atoms with E-state index in [0.29, 0.717) is 5.06 Å². The molecule has 20 heavy (non-hydrogen) atoms. The van der Waals surface area contributed by atoms with Gasteiger partial charge in [0.15, 0.2) is 0 Å². The average molecular weight is 273 g/mol. The van der Waals surface area contributed by atoms with E-state index in [1.165, 1.54) is 5.56 Å². The summed E-state index contributed by atoms with van der Waals surface area (Å²) in [5.74, 6) is -1.27. The van der Waals surface area contributed by atoms with Gasteiger partial charge >= 0.3 is 5.97 Å². The Morgan fingerprint density at radius 2 is 1.80 bits per heavy atom. The first-order chi connectivity index (χ1) is 9.65. The number of hydroxylamine groups is 2. The zero-order valence-corrected chi connectivity index (χ0v) is 11.0. The molecule has 104 valence electrons. The van der Waals surface area contributed by atoms with E-state index in [2.05, 4.69) is 0 Å². The van der Waals surface area contributed by atoms with Crippen molar-refractivity contribution in [3.63, 3.8) is 0 Å². The molecule has 2 aliphatic rings. The highest BCUT2D eigenvalue weighted by Gasteiger charge is 2.46. The lowest BCUT2D eigenvalue weighted by Gasteiger charge is -2.12. The maximum atomic E-state index is 11.9. The van der Waals surface area contributed by atoms with Crippen LogP contribution in [0.2, 0.25) is 0 Å². The van der Waals surface area contributed by atoms with Crippen LogP contribution in [-0.2, 0) is 25.6 Å². The molecule has 1 saturated heterocycles. The first-order valence-electron chi connectivity index (χ1n) is 6.76. The van der Waals surface area contributed by atoms with E-state index < -0.39 is 17.8 Å². The standard InChI is InChI=1S/C15H15NO4/c17-13-6-7-14(18)16(13)20-15(19)12-9-11(12)8-10-4-2-1-3-5-10/h1-5,11-12H,6-9H2/t11-,12+/m0/s1. The summed E-state index contributed by atoms with van der Waals surface area (Å²) < 4.78 is 0. The fraction of sp³-hybridized carbons (Fsp3) is 0.400. The first kappa shape index (κ1) is 12.8. The lowest BCUT2D eigenvalue weighted by molar-refractivity contribution is -0.198. The van der Waals surface area contributed by atoms with Crippen LogP contribution in [-0.4, -0.2) is 22.8 Å². The van der Waals surface area contributed by atoms with Gasteiger partial charge in [0.2, 0.25) is 0 Å². The van der Waals surface area contributed by atoms with Crippen LogP contribution in [0.5, 0.6) is 0 Å². The first-order valence-corrected chi connectivity index (χ1v) is 6.76. The molecular weight excluding hydrogens is 258 g/mol. The minimum absolute atomic E-state index is 0.129. The molecule has 1 saturated carbocycles. The van der Waals surface area contributed by atoms with Crippen molar-refractivity contribution in [3.05, 3.63) is 35.9 Å². The van der Waals surface area contributed by atoms with E-state index in [1.54, 1.807) is 0 Å². The van der Waals surface area contributed by atoms with Crippen molar-refractivity contribution in [3.8, 4) is 0 Å². The predicted molar refractivity (Wildman–Crippen MR) is 68.9 cm³/mol. The predicted octanol–water partition coefficient (Wildman–Crippen LogP) is 1.47. The van der Waals surface area contributed by atoms with Crippen molar-refractivity contribution in [2.75, 3.05) is 0 Å². The van der Waals surface area contributed by atoms with Gasteiger partial charge in [-0.3, -0.25) is 9.59 Å². The number of benzene rings is 1. The largest absolute Gasteiger partial charge is 0.336 e. The highest BCUT2D eigenvalue weighted by molar-refractivity contribution is 6.01. The smallest absolute Gasteiger partial charge is 0.330 e. The summed E-state index contributed by atoms with van der Waals surface area (Å²) in [6.45, 7) is 0. The number of imide groups is 1. The molecule has 0 aromatic heterocycles. The van der Waals surface area contributed by atoms with Gasteiger partial charge in [0.05, 0.1) is 5.92 Å². The maximum absolute atomic E-state index is 11.9. The molecule has 1 aliphatic carbocycles. The minimum atomic E-state index is -0.463. The summed E-state index contributed by atoms with van der Waals surface area (Å²) in [4.78, 5) is 39.5. The molecule has 0 N–H and O–H groups in total. The lowest BCUT2D eigenvalue weighted by Crippen LogP contribution is -2.32. The minimum Gasteiger partial charge on any atom is -0.330 e. The Bertz CT molecular complexity index is 538. The lowest BCUT2D eigenvalue weighted by atomic mass is 10.1. The van der Waals surface area contributed by atoms with Crippen LogP contribution in [0, 0.1) is 11.8 Å². The van der Waals surface area contributed by atoms with Gasteiger partial charge in [0, 0.05) is 12.8 Å². The molecule has 0 spiro atoms. The number of nitrogens with zero attached hydrogens (tertiary/aromatic N) is 1. The highest BCUT2D eigenvalue weighted by Crippen LogP contribution is 2.42. The number of amides is 2. The van der Waals surface area contributed by atoms with E-state index >= 15 is 0 Å². The van der Waals surface area contributed by atoms with Crippen molar-refractivity contribution in [1.82, 2.24) is 5.06 Å². The molecule has 0 unspecified atom stereocenters. The van der Waals surface area contributed by atoms with Crippen LogP contribution in [0.15, 0.2) is 30.3 Å². The summed E-state index contributed by atoms with van der Waals surface area (Å²) in [7, 11) is 0. The van der Waals surface area contributed by atoms with Crippen LogP contribution in [0.25, 0.3) is 0 Å². The second kappa shape index (κ2) is 5.07. The Kier molecular flexibility index (Phi) is 3.26. The van der Waals surface area contributed by atoms with Crippen LogP contribution in [0.1, 0.15) is 24.8 Å². The zero-order valence-electron chi connectivity index (χ0n) is 11.0. The van der Waals surface area contributed by atoms with Gasteiger partial charge in [0.25, 0.3) is 11.8 Å². The fourth-order valence-electron chi connectivity index (χ4n) is 2.49. The van der Waals surface area contributed by atoms with Crippen molar-refractivity contribution in [1.29, 1.82) is 0 Å². The van der Waals surface area contributed by atoms with E-state index in [9.17, 15) is 14.4 Å². The average Bonchev–Trinajstić information content (AvgIpc) is 3.15. The Labute approximate surface area is 116 Å². The molecule has 3 rings (SSSR count). The normalized spacial score (nSPS) is 24.9. The summed E-state index contributed by atoms with van der Waals surface area (Å²) in [6.07, 6.45) is 1.83. The summed E-state index contributed by atoms with van der Waals surface area (Å²) in [5.41, 5.74) is 1.18. The molecule has 2 fully saturated rings. The van der Waals surface area contributed by atoms with Gasteiger partial charge < -0.3 is 4.84 Å². The SMILES string of the molecule is O=C(ON1C(=O)CCC1=O)[C@@H]1C[C@@H]1Cc1ccccc1. The molecule has 1 heterocycles. The number of hydrogen-bond acceptors (Lipinski definition) is 4. The van der Waals surface area contributed by atoms with Gasteiger partial charge in [-0.05, 0) is 24.3 Å². The van der Waals surface area contributed by atoms with Crippen LogP contribution in [0.4, 0.5) is 0 Å². The topological polar surface area (TPSA) is 63.7 Å². The summed E-state index contributed by atoms with van der Waals surface area (Å²) in [5, 5.41) is 0.625. The second-order valence-electron chi connectivity index (χ2n) is 5.28. The second-order valence-corrected chi connectivity index (χ2v) is 5.28. The number of hydrogen-bond donors (Lipinski definition) is 0. The zero-order chi connectivity index (χ0) is 14.1.